The zero-order valence-electron chi connectivity index (χ0n) is 12.2. The number of nitrogens with two attached hydrogens (primary N) is 1. The number of rotatable bonds is 4. The summed E-state index contributed by atoms with van der Waals surface area (Å²) < 4.78 is 0. The third-order valence-corrected chi connectivity index (χ3v) is 4.13. The van der Waals surface area contributed by atoms with Crippen molar-refractivity contribution >= 4 is 11.4 Å². The molecule has 0 spiro atoms. The van der Waals surface area contributed by atoms with Crippen LogP contribution in [-0.2, 0) is 0 Å². The van der Waals surface area contributed by atoms with Crippen LogP contribution in [0, 0.1) is 21.4 Å². The van der Waals surface area contributed by atoms with Crippen molar-refractivity contribution in [3.05, 3.63) is 33.9 Å². The molecule has 0 radical (unpaired) electrons. The Labute approximate surface area is 124 Å². The lowest BCUT2D eigenvalue weighted by Gasteiger charge is -2.36. The summed E-state index contributed by atoms with van der Waals surface area (Å²) >= 11 is 0. The number of hydrogen-bond acceptors (Lipinski definition) is 5. The Bertz CT molecular complexity index is 559. The van der Waals surface area contributed by atoms with E-state index in [2.05, 4.69) is 4.90 Å². The van der Waals surface area contributed by atoms with Gasteiger partial charge >= 0.3 is 0 Å². The Morgan fingerprint density at radius 2 is 2.10 bits per heavy atom. The molecule has 0 saturated heterocycles. The van der Waals surface area contributed by atoms with Gasteiger partial charge in [0.15, 0.2) is 0 Å². The Kier molecular flexibility index (Phi) is 4.76. The van der Waals surface area contributed by atoms with Crippen LogP contribution in [0.15, 0.2) is 18.2 Å². The van der Waals surface area contributed by atoms with E-state index in [9.17, 15) is 10.1 Å². The number of nitriles is 1. The Hall–Kier alpha value is -2.13. The minimum absolute atomic E-state index is 0.00534. The molecule has 1 aromatic rings. The quantitative estimate of drug-likeness (QED) is 0.678. The molecule has 0 aliphatic heterocycles. The fourth-order valence-electron chi connectivity index (χ4n) is 3.02. The van der Waals surface area contributed by atoms with Crippen molar-refractivity contribution < 1.29 is 4.92 Å². The summed E-state index contributed by atoms with van der Waals surface area (Å²) in [5.41, 5.74) is 6.85. The second-order valence-corrected chi connectivity index (χ2v) is 5.43. The molecule has 0 aromatic heterocycles. The van der Waals surface area contributed by atoms with Crippen LogP contribution in [0.4, 0.5) is 11.4 Å². The maximum Gasteiger partial charge on any atom is 0.293 e. The number of hydrogen-bond donors (Lipinski definition) is 1. The van der Waals surface area contributed by atoms with Gasteiger partial charge < -0.3 is 10.6 Å². The van der Waals surface area contributed by atoms with Crippen LogP contribution in [0.3, 0.4) is 0 Å². The van der Waals surface area contributed by atoms with E-state index in [1.165, 1.54) is 6.07 Å². The molecular formula is C15H20N4O2. The van der Waals surface area contributed by atoms with E-state index in [4.69, 9.17) is 11.0 Å². The SMILES string of the molecule is CCN(c1ccc(C#N)cc1[N+](=O)[O-])C1CCC(N)CC1. The summed E-state index contributed by atoms with van der Waals surface area (Å²) in [5, 5.41) is 20.2. The third-order valence-electron chi connectivity index (χ3n) is 4.13. The molecule has 21 heavy (non-hydrogen) atoms. The summed E-state index contributed by atoms with van der Waals surface area (Å²) in [4.78, 5) is 13.0. The van der Waals surface area contributed by atoms with Crippen molar-refractivity contribution in [3.8, 4) is 6.07 Å². The van der Waals surface area contributed by atoms with E-state index in [0.717, 1.165) is 25.7 Å². The molecule has 112 valence electrons. The topological polar surface area (TPSA) is 96.2 Å². The van der Waals surface area contributed by atoms with E-state index in [0.29, 0.717) is 17.8 Å². The van der Waals surface area contributed by atoms with E-state index in [1.807, 2.05) is 13.0 Å². The first kappa shape index (κ1) is 15.3. The van der Waals surface area contributed by atoms with Crippen molar-refractivity contribution in [2.24, 2.45) is 5.73 Å². The highest BCUT2D eigenvalue weighted by Crippen LogP contribution is 2.34. The largest absolute Gasteiger partial charge is 0.363 e. The molecule has 1 aromatic carbocycles. The molecule has 0 unspecified atom stereocenters. The standard InChI is InChI=1S/C15H20N4O2/c1-2-18(13-6-4-12(17)5-7-13)14-8-3-11(10-16)9-15(14)19(20)21/h3,8-9,12-13H,2,4-7,17H2,1H3. The smallest absolute Gasteiger partial charge is 0.293 e. The van der Waals surface area contributed by atoms with Crippen molar-refractivity contribution in [1.82, 2.24) is 0 Å². The Morgan fingerprint density at radius 3 is 2.62 bits per heavy atom. The minimum atomic E-state index is -0.409. The molecule has 2 rings (SSSR count). The van der Waals surface area contributed by atoms with E-state index in [-0.39, 0.29) is 17.8 Å². The molecule has 0 amide bonds. The molecule has 6 heteroatoms. The van der Waals surface area contributed by atoms with Gasteiger partial charge in [0.2, 0.25) is 0 Å². The molecule has 1 fully saturated rings. The van der Waals surface area contributed by atoms with Crippen LogP contribution in [0.2, 0.25) is 0 Å². The van der Waals surface area contributed by atoms with Gasteiger partial charge in [0.05, 0.1) is 16.6 Å². The molecule has 1 aliphatic rings. The van der Waals surface area contributed by atoms with Gasteiger partial charge in [-0.1, -0.05) is 0 Å². The van der Waals surface area contributed by atoms with Gasteiger partial charge in [0, 0.05) is 24.7 Å². The van der Waals surface area contributed by atoms with Crippen LogP contribution < -0.4 is 10.6 Å². The van der Waals surface area contributed by atoms with Gasteiger partial charge in [-0.2, -0.15) is 5.26 Å². The summed E-state index contributed by atoms with van der Waals surface area (Å²) in [5.74, 6) is 0. The highest BCUT2D eigenvalue weighted by molar-refractivity contribution is 5.66. The summed E-state index contributed by atoms with van der Waals surface area (Å²) in [6.45, 7) is 2.70. The van der Waals surface area contributed by atoms with Crippen molar-refractivity contribution in [1.29, 1.82) is 5.26 Å². The monoisotopic (exact) mass is 288 g/mol. The zero-order chi connectivity index (χ0) is 15.4. The number of anilines is 1. The molecule has 0 atom stereocenters. The first-order valence-corrected chi connectivity index (χ1v) is 7.27. The van der Waals surface area contributed by atoms with E-state index < -0.39 is 4.92 Å². The van der Waals surface area contributed by atoms with Gasteiger partial charge in [-0.05, 0) is 44.7 Å². The van der Waals surface area contributed by atoms with E-state index in [1.54, 1.807) is 12.1 Å². The van der Waals surface area contributed by atoms with Crippen molar-refractivity contribution in [2.75, 3.05) is 11.4 Å². The third kappa shape index (κ3) is 3.31. The van der Waals surface area contributed by atoms with Gasteiger partial charge in [-0.3, -0.25) is 10.1 Å². The van der Waals surface area contributed by atoms with Crippen LogP contribution in [-0.4, -0.2) is 23.6 Å². The fourth-order valence-corrected chi connectivity index (χ4v) is 3.02. The second kappa shape index (κ2) is 6.55. The minimum Gasteiger partial charge on any atom is -0.363 e. The van der Waals surface area contributed by atoms with Crippen LogP contribution in [0.25, 0.3) is 0 Å². The maximum absolute atomic E-state index is 11.3. The summed E-state index contributed by atoms with van der Waals surface area (Å²) in [6.07, 6.45) is 3.80. The molecule has 0 heterocycles. The molecular weight excluding hydrogens is 268 g/mol. The van der Waals surface area contributed by atoms with Crippen LogP contribution >= 0.6 is 0 Å². The number of nitro benzene ring substituents is 1. The zero-order valence-corrected chi connectivity index (χ0v) is 12.2. The van der Waals surface area contributed by atoms with Crippen LogP contribution in [0.1, 0.15) is 38.2 Å². The number of nitro groups is 1. The van der Waals surface area contributed by atoms with Crippen molar-refractivity contribution in [3.63, 3.8) is 0 Å². The number of benzene rings is 1. The molecule has 2 N–H and O–H groups in total. The molecule has 1 saturated carbocycles. The van der Waals surface area contributed by atoms with Gasteiger partial charge in [-0.15, -0.1) is 0 Å². The fraction of sp³-hybridized carbons (Fsp3) is 0.533. The average Bonchev–Trinajstić information content (AvgIpc) is 2.50. The Balaban J connectivity index is 2.33. The lowest BCUT2D eigenvalue weighted by atomic mass is 9.90. The van der Waals surface area contributed by atoms with Crippen molar-refractivity contribution in [2.45, 2.75) is 44.7 Å². The van der Waals surface area contributed by atoms with Gasteiger partial charge in [-0.25, -0.2) is 0 Å². The van der Waals surface area contributed by atoms with Gasteiger partial charge in [0.25, 0.3) is 5.69 Å². The predicted molar refractivity (Wildman–Crippen MR) is 81.1 cm³/mol. The summed E-state index contributed by atoms with van der Waals surface area (Å²) in [7, 11) is 0. The first-order valence-electron chi connectivity index (χ1n) is 7.27. The lowest BCUT2D eigenvalue weighted by Crippen LogP contribution is -2.41. The average molecular weight is 288 g/mol. The highest BCUT2D eigenvalue weighted by atomic mass is 16.6. The van der Waals surface area contributed by atoms with Gasteiger partial charge in [0.1, 0.15) is 5.69 Å². The Morgan fingerprint density at radius 1 is 1.43 bits per heavy atom. The highest BCUT2D eigenvalue weighted by Gasteiger charge is 2.28. The predicted octanol–water partition coefficient (Wildman–Crippen LogP) is 2.56. The van der Waals surface area contributed by atoms with Crippen LogP contribution in [0.5, 0.6) is 0 Å². The molecule has 1 aliphatic carbocycles. The normalized spacial score (nSPS) is 21.6. The molecule has 6 nitrogen and oxygen atoms in total. The summed E-state index contributed by atoms with van der Waals surface area (Å²) in [6, 6.07) is 7.16. The maximum atomic E-state index is 11.3. The number of nitrogens with zero attached hydrogens (tertiary/aromatic N) is 3. The molecule has 0 bridgehead atoms. The van der Waals surface area contributed by atoms with E-state index >= 15 is 0 Å². The lowest BCUT2D eigenvalue weighted by molar-refractivity contribution is -0.384. The first-order chi connectivity index (χ1) is 10.1. The second-order valence-electron chi connectivity index (χ2n) is 5.43.